The first-order chi connectivity index (χ1) is 7.29. The number of carboxylic acids is 1. The van der Waals surface area contributed by atoms with Gasteiger partial charge in [0.15, 0.2) is 0 Å². The van der Waals surface area contributed by atoms with Gasteiger partial charge in [-0.1, -0.05) is 0 Å². The van der Waals surface area contributed by atoms with Gasteiger partial charge >= 0.3 is 12.1 Å². The van der Waals surface area contributed by atoms with E-state index in [0.29, 0.717) is 12.8 Å². The lowest BCUT2D eigenvalue weighted by molar-refractivity contribution is -0.163. The molecule has 0 aliphatic carbocycles. The van der Waals surface area contributed by atoms with Gasteiger partial charge in [0.05, 0.1) is 5.92 Å². The van der Waals surface area contributed by atoms with Gasteiger partial charge in [-0.25, -0.2) is 0 Å². The zero-order valence-corrected chi connectivity index (χ0v) is 8.46. The first-order valence-corrected chi connectivity index (χ1v) is 4.87. The molecule has 16 heavy (non-hydrogen) atoms. The molecule has 1 fully saturated rings. The number of hydrogen-bond donors (Lipinski definition) is 1. The summed E-state index contributed by atoms with van der Waals surface area (Å²) >= 11 is 0. The summed E-state index contributed by atoms with van der Waals surface area (Å²) in [4.78, 5) is 22.8. The monoisotopic (exact) mass is 239 g/mol. The van der Waals surface area contributed by atoms with Gasteiger partial charge in [0.1, 0.15) is 6.42 Å². The highest BCUT2D eigenvalue weighted by atomic mass is 19.4. The van der Waals surface area contributed by atoms with Crippen LogP contribution in [0.15, 0.2) is 0 Å². The molecular formula is C9H12F3NO3. The van der Waals surface area contributed by atoms with Crippen LogP contribution in [0.25, 0.3) is 0 Å². The molecule has 0 saturated carbocycles. The molecule has 92 valence electrons. The van der Waals surface area contributed by atoms with Crippen LogP contribution in [0.2, 0.25) is 0 Å². The number of carbonyl (C=O) groups excluding carboxylic acids is 1. The molecule has 0 spiro atoms. The SMILES string of the molecule is O=C(O)[C@H]1CCCN(C(=O)CC(F)(F)F)C1. The van der Waals surface area contributed by atoms with Crippen molar-refractivity contribution in [2.45, 2.75) is 25.4 Å². The van der Waals surface area contributed by atoms with Crippen molar-refractivity contribution in [2.24, 2.45) is 5.92 Å². The third-order valence-corrected chi connectivity index (χ3v) is 2.48. The second-order valence-corrected chi connectivity index (χ2v) is 3.81. The van der Waals surface area contributed by atoms with Crippen molar-refractivity contribution in [1.82, 2.24) is 4.90 Å². The number of hydrogen-bond acceptors (Lipinski definition) is 2. The van der Waals surface area contributed by atoms with Crippen LogP contribution in [0.1, 0.15) is 19.3 Å². The number of rotatable bonds is 2. The zero-order chi connectivity index (χ0) is 12.3. The van der Waals surface area contributed by atoms with Crippen LogP contribution in [-0.4, -0.2) is 41.1 Å². The maximum Gasteiger partial charge on any atom is 0.397 e. The number of aliphatic carboxylic acids is 1. The van der Waals surface area contributed by atoms with Gasteiger partial charge in [0.2, 0.25) is 5.91 Å². The van der Waals surface area contributed by atoms with E-state index in [0.717, 1.165) is 4.90 Å². The lowest BCUT2D eigenvalue weighted by Crippen LogP contribution is -2.43. The maximum atomic E-state index is 12.0. The van der Waals surface area contributed by atoms with Crippen molar-refractivity contribution in [2.75, 3.05) is 13.1 Å². The molecule has 0 bridgehead atoms. The average Bonchev–Trinajstić information content (AvgIpc) is 2.15. The number of nitrogens with zero attached hydrogens (tertiary/aromatic N) is 1. The standard InChI is InChI=1S/C9H12F3NO3/c10-9(11,12)4-7(14)13-3-1-2-6(5-13)8(15)16/h6H,1-5H2,(H,15,16)/t6-/m0/s1. The number of carboxylic acid groups (broad SMARTS) is 1. The molecule has 0 aromatic carbocycles. The fourth-order valence-electron chi connectivity index (χ4n) is 1.69. The number of amides is 1. The molecule has 1 aliphatic heterocycles. The molecule has 0 aromatic heterocycles. The minimum atomic E-state index is -4.53. The second-order valence-electron chi connectivity index (χ2n) is 3.81. The molecule has 4 nitrogen and oxygen atoms in total. The topological polar surface area (TPSA) is 57.6 Å². The molecular weight excluding hydrogens is 227 g/mol. The lowest BCUT2D eigenvalue weighted by Gasteiger charge is -2.30. The van der Waals surface area contributed by atoms with E-state index >= 15 is 0 Å². The van der Waals surface area contributed by atoms with Gasteiger partial charge < -0.3 is 10.0 Å². The fraction of sp³-hybridized carbons (Fsp3) is 0.778. The summed E-state index contributed by atoms with van der Waals surface area (Å²) in [5.74, 6) is -2.85. The Hall–Kier alpha value is -1.27. The van der Waals surface area contributed by atoms with Gasteiger partial charge in [-0.05, 0) is 12.8 Å². The van der Waals surface area contributed by atoms with Crippen LogP contribution in [0, 0.1) is 5.92 Å². The summed E-state index contributed by atoms with van der Waals surface area (Å²) in [5, 5.41) is 8.71. The Balaban J connectivity index is 2.54. The predicted octanol–water partition coefficient (Wildman–Crippen LogP) is 1.26. The van der Waals surface area contributed by atoms with Crippen molar-refractivity contribution in [3.8, 4) is 0 Å². The Morgan fingerprint density at radius 3 is 2.50 bits per heavy atom. The van der Waals surface area contributed by atoms with Crippen molar-refractivity contribution in [3.05, 3.63) is 0 Å². The molecule has 1 atom stereocenters. The van der Waals surface area contributed by atoms with Gasteiger partial charge in [-0.2, -0.15) is 13.2 Å². The minimum absolute atomic E-state index is 0.121. The summed E-state index contributed by atoms with van der Waals surface area (Å²) < 4.78 is 35.9. The molecule has 1 heterocycles. The first-order valence-electron chi connectivity index (χ1n) is 4.87. The Kier molecular flexibility index (Phi) is 3.77. The van der Waals surface area contributed by atoms with E-state index in [1.165, 1.54) is 0 Å². The van der Waals surface area contributed by atoms with Crippen molar-refractivity contribution >= 4 is 11.9 Å². The molecule has 0 radical (unpaired) electrons. The highest BCUT2D eigenvalue weighted by Gasteiger charge is 2.36. The first kappa shape index (κ1) is 12.8. The Morgan fingerprint density at radius 1 is 1.38 bits per heavy atom. The van der Waals surface area contributed by atoms with E-state index in [2.05, 4.69) is 0 Å². The molecule has 1 rings (SSSR count). The van der Waals surface area contributed by atoms with Gasteiger partial charge in [-0.3, -0.25) is 9.59 Å². The largest absolute Gasteiger partial charge is 0.481 e. The van der Waals surface area contributed by atoms with E-state index in [1.54, 1.807) is 0 Å². The molecule has 0 aromatic rings. The molecule has 1 amide bonds. The Morgan fingerprint density at radius 2 is 2.00 bits per heavy atom. The Labute approximate surface area is 90.0 Å². The number of piperidine rings is 1. The van der Waals surface area contributed by atoms with E-state index in [-0.39, 0.29) is 13.1 Å². The van der Waals surface area contributed by atoms with E-state index in [1.807, 2.05) is 0 Å². The number of halogens is 3. The average molecular weight is 239 g/mol. The number of likely N-dealkylation sites (tertiary alicyclic amines) is 1. The highest BCUT2D eigenvalue weighted by molar-refractivity contribution is 5.78. The van der Waals surface area contributed by atoms with E-state index in [4.69, 9.17) is 5.11 Å². The van der Waals surface area contributed by atoms with Crippen LogP contribution in [0.5, 0.6) is 0 Å². The summed E-state index contributed by atoms with van der Waals surface area (Å²) in [7, 11) is 0. The third-order valence-electron chi connectivity index (χ3n) is 2.48. The van der Waals surface area contributed by atoms with Crippen LogP contribution >= 0.6 is 0 Å². The summed E-state index contributed by atoms with van der Waals surface area (Å²) in [6, 6.07) is 0. The van der Waals surface area contributed by atoms with Gasteiger partial charge in [0, 0.05) is 13.1 Å². The number of alkyl halides is 3. The lowest BCUT2D eigenvalue weighted by atomic mass is 9.98. The van der Waals surface area contributed by atoms with Crippen LogP contribution in [0.4, 0.5) is 13.2 Å². The molecule has 7 heteroatoms. The van der Waals surface area contributed by atoms with Crippen LogP contribution < -0.4 is 0 Å². The van der Waals surface area contributed by atoms with Crippen molar-refractivity contribution in [3.63, 3.8) is 0 Å². The normalized spacial score (nSPS) is 21.9. The van der Waals surface area contributed by atoms with Crippen molar-refractivity contribution < 1.29 is 27.9 Å². The fourth-order valence-corrected chi connectivity index (χ4v) is 1.69. The summed E-state index contributed by atoms with van der Waals surface area (Å²) in [5.41, 5.74) is 0. The minimum Gasteiger partial charge on any atom is -0.481 e. The van der Waals surface area contributed by atoms with Crippen LogP contribution in [0.3, 0.4) is 0 Å². The van der Waals surface area contributed by atoms with E-state index < -0.39 is 30.4 Å². The zero-order valence-electron chi connectivity index (χ0n) is 8.46. The second kappa shape index (κ2) is 4.71. The molecule has 1 aliphatic rings. The van der Waals surface area contributed by atoms with Crippen molar-refractivity contribution in [1.29, 1.82) is 0 Å². The quantitative estimate of drug-likeness (QED) is 0.789. The van der Waals surface area contributed by atoms with Gasteiger partial charge in [0.25, 0.3) is 0 Å². The summed E-state index contributed by atoms with van der Waals surface area (Å²) in [6.07, 6.45) is -5.21. The molecule has 1 saturated heterocycles. The predicted molar refractivity (Wildman–Crippen MR) is 47.6 cm³/mol. The Bertz CT molecular complexity index is 290. The van der Waals surface area contributed by atoms with Crippen LogP contribution in [-0.2, 0) is 9.59 Å². The van der Waals surface area contributed by atoms with Gasteiger partial charge in [-0.15, -0.1) is 0 Å². The molecule has 1 N–H and O–H groups in total. The third kappa shape index (κ3) is 3.71. The summed E-state index contributed by atoms with van der Waals surface area (Å²) in [6.45, 7) is 0.0862. The smallest absolute Gasteiger partial charge is 0.397 e. The molecule has 0 unspecified atom stereocenters. The number of carbonyl (C=O) groups is 2. The highest BCUT2D eigenvalue weighted by Crippen LogP contribution is 2.23. The van der Waals surface area contributed by atoms with E-state index in [9.17, 15) is 22.8 Å². The maximum absolute atomic E-state index is 12.0.